The number of carbonyl (C=O) groups excluding carboxylic acids is 3. The Hall–Kier alpha value is -1.73. The minimum absolute atomic E-state index is 0.0269. The number of nitrogens with two attached hydrogens (primary N) is 1. The molecule has 2 aliphatic heterocycles. The van der Waals surface area contributed by atoms with Crippen LogP contribution < -0.4 is 11.1 Å². The fourth-order valence-electron chi connectivity index (χ4n) is 2.84. The lowest BCUT2D eigenvalue weighted by Crippen LogP contribution is -2.71. The first-order valence-electron chi connectivity index (χ1n) is 8.59. The van der Waals surface area contributed by atoms with Crippen LogP contribution in [0.1, 0.15) is 12.6 Å². The van der Waals surface area contributed by atoms with Crippen molar-refractivity contribution in [3.63, 3.8) is 0 Å². The van der Waals surface area contributed by atoms with E-state index in [0.29, 0.717) is 0 Å². The van der Waals surface area contributed by atoms with E-state index < -0.39 is 39.6 Å². The molecule has 2 unspecified atom stereocenters. The maximum atomic E-state index is 12.7. The first-order chi connectivity index (χ1) is 14.5. The van der Waals surface area contributed by atoms with Crippen LogP contribution in [-0.2, 0) is 24.0 Å². The molecule has 10 nitrogen and oxygen atoms in total. The van der Waals surface area contributed by atoms with Crippen LogP contribution >= 0.6 is 57.9 Å². The zero-order valence-corrected chi connectivity index (χ0v) is 19.9. The van der Waals surface area contributed by atoms with Crippen molar-refractivity contribution in [3.05, 3.63) is 22.8 Å². The molecular weight excluding hydrogens is 513 g/mol. The number of oxime groups is 1. The summed E-state index contributed by atoms with van der Waals surface area (Å²) in [7, 11) is 1.28. The number of esters is 1. The van der Waals surface area contributed by atoms with E-state index in [9.17, 15) is 14.4 Å². The van der Waals surface area contributed by atoms with E-state index in [-0.39, 0.29) is 27.5 Å². The van der Waals surface area contributed by atoms with Crippen molar-refractivity contribution in [1.82, 2.24) is 15.2 Å². The predicted octanol–water partition coefficient (Wildman–Crippen LogP) is 1.66. The van der Waals surface area contributed by atoms with Gasteiger partial charge in [-0.05, 0) is 13.0 Å². The van der Waals surface area contributed by atoms with Crippen LogP contribution in [0.4, 0.5) is 5.13 Å². The van der Waals surface area contributed by atoms with Crippen LogP contribution in [0.3, 0.4) is 0 Å². The van der Waals surface area contributed by atoms with E-state index in [1.54, 1.807) is 11.5 Å². The summed E-state index contributed by atoms with van der Waals surface area (Å²) in [6.07, 6.45) is 1.58. The predicted molar refractivity (Wildman–Crippen MR) is 119 cm³/mol. The average molecular weight is 529 g/mol. The molecule has 1 aromatic rings. The van der Waals surface area contributed by atoms with E-state index in [0.717, 1.165) is 11.3 Å². The third kappa shape index (κ3) is 5.37. The van der Waals surface area contributed by atoms with Crippen LogP contribution in [0, 0.1) is 0 Å². The summed E-state index contributed by atoms with van der Waals surface area (Å²) in [4.78, 5) is 47.9. The molecule has 1 saturated heterocycles. The number of rotatable bonds is 6. The van der Waals surface area contributed by atoms with E-state index in [2.05, 4.69) is 15.5 Å². The topological polar surface area (TPSA) is 136 Å². The number of β-lactam (4-membered cyclic amide) rings is 1. The highest BCUT2D eigenvalue weighted by Crippen LogP contribution is 2.41. The van der Waals surface area contributed by atoms with Gasteiger partial charge in [-0.15, -0.1) is 23.1 Å². The second kappa shape index (κ2) is 9.41. The SMILES string of the molecule is CON=C(C(=O)NC1C(=O)N2C(C(=O)OCC(Cl)(Cl)Cl)=CC(C)S[C@@H]12)c1csc(N)n1. The van der Waals surface area contributed by atoms with Gasteiger partial charge in [0.1, 0.15) is 36.5 Å². The van der Waals surface area contributed by atoms with Gasteiger partial charge in [-0.1, -0.05) is 40.0 Å². The molecule has 2 aliphatic rings. The number of thioether (sulfide) groups is 1. The van der Waals surface area contributed by atoms with E-state index >= 15 is 0 Å². The van der Waals surface area contributed by atoms with Crippen molar-refractivity contribution in [2.24, 2.45) is 5.16 Å². The number of alkyl halides is 3. The molecular formula is C16H16Cl3N5O5S2. The Morgan fingerprint density at radius 3 is 2.71 bits per heavy atom. The number of hydrogen-bond donors (Lipinski definition) is 2. The molecule has 0 saturated carbocycles. The molecule has 1 fully saturated rings. The summed E-state index contributed by atoms with van der Waals surface area (Å²) < 4.78 is 3.21. The first-order valence-corrected chi connectivity index (χ1v) is 11.5. The van der Waals surface area contributed by atoms with Crippen LogP contribution in [0.5, 0.6) is 0 Å². The summed E-state index contributed by atoms with van der Waals surface area (Å²) in [6, 6.07) is -0.900. The second-order valence-electron chi connectivity index (χ2n) is 6.33. The normalized spacial score (nSPS) is 23.5. The van der Waals surface area contributed by atoms with Gasteiger partial charge in [-0.3, -0.25) is 14.5 Å². The van der Waals surface area contributed by atoms with Gasteiger partial charge in [-0.2, -0.15) is 0 Å². The van der Waals surface area contributed by atoms with E-state index in [1.807, 2.05) is 6.92 Å². The standard InChI is InChI=1S/C16H16Cl3N5O5S2/c1-6-3-8(14(27)29-5-16(17,18)19)24-12(26)10(13(24)31-6)22-11(25)9(23-28-2)7-4-30-15(20)21-7/h3-4,6,10,13H,5H2,1-2H3,(H2,20,21)(H,22,25)/t6?,10?,13-/m0/s1. The van der Waals surface area contributed by atoms with Gasteiger partial charge in [0, 0.05) is 10.6 Å². The molecule has 3 N–H and O–H groups in total. The number of fused-ring (bicyclic) bond motifs is 1. The highest BCUT2D eigenvalue weighted by molar-refractivity contribution is 8.00. The number of nitrogens with one attached hydrogen (secondary N) is 1. The molecule has 0 bridgehead atoms. The van der Waals surface area contributed by atoms with Crippen molar-refractivity contribution in [2.75, 3.05) is 19.5 Å². The quantitative estimate of drug-likeness (QED) is 0.187. The Morgan fingerprint density at radius 1 is 1.42 bits per heavy atom. The van der Waals surface area contributed by atoms with Crippen LogP contribution in [0.2, 0.25) is 0 Å². The summed E-state index contributed by atoms with van der Waals surface area (Å²) in [5.41, 5.74) is 5.72. The van der Waals surface area contributed by atoms with E-state index in [4.69, 9.17) is 50.1 Å². The summed E-state index contributed by atoms with van der Waals surface area (Å²) in [5.74, 6) is -1.97. The maximum Gasteiger partial charge on any atom is 0.354 e. The molecule has 3 atom stereocenters. The zero-order chi connectivity index (χ0) is 22.9. The third-order valence-electron chi connectivity index (χ3n) is 4.07. The van der Waals surface area contributed by atoms with Gasteiger partial charge >= 0.3 is 5.97 Å². The Morgan fingerprint density at radius 2 is 2.13 bits per heavy atom. The number of thiazole rings is 1. The molecule has 0 spiro atoms. The second-order valence-corrected chi connectivity index (χ2v) is 11.2. The number of hydrogen-bond acceptors (Lipinski definition) is 10. The van der Waals surface area contributed by atoms with Gasteiger partial charge in [0.15, 0.2) is 10.8 Å². The summed E-state index contributed by atoms with van der Waals surface area (Å²) >= 11 is 19.3. The molecule has 168 valence electrons. The Balaban J connectivity index is 1.73. The van der Waals surface area contributed by atoms with Crippen molar-refractivity contribution in [2.45, 2.75) is 27.4 Å². The Labute approximate surface area is 200 Å². The summed E-state index contributed by atoms with van der Waals surface area (Å²) in [6.45, 7) is 1.36. The highest BCUT2D eigenvalue weighted by Gasteiger charge is 2.54. The first kappa shape index (κ1) is 23.9. The van der Waals surface area contributed by atoms with Gasteiger partial charge in [-0.25, -0.2) is 9.78 Å². The number of amides is 2. The smallest absolute Gasteiger partial charge is 0.354 e. The van der Waals surface area contributed by atoms with Crippen LogP contribution in [0.25, 0.3) is 0 Å². The number of carbonyl (C=O) groups is 3. The average Bonchev–Trinajstić information content (AvgIpc) is 3.12. The minimum Gasteiger partial charge on any atom is -0.456 e. The zero-order valence-electron chi connectivity index (χ0n) is 16.0. The van der Waals surface area contributed by atoms with Crippen molar-refractivity contribution in [3.8, 4) is 0 Å². The van der Waals surface area contributed by atoms with Crippen LogP contribution in [-0.4, -0.2) is 67.6 Å². The van der Waals surface area contributed by atoms with Crippen molar-refractivity contribution >= 4 is 86.5 Å². The number of aromatic nitrogens is 1. The molecule has 0 aliphatic carbocycles. The van der Waals surface area contributed by atoms with Gasteiger partial charge in [0.25, 0.3) is 11.8 Å². The molecule has 15 heteroatoms. The van der Waals surface area contributed by atoms with Crippen molar-refractivity contribution in [1.29, 1.82) is 0 Å². The fraction of sp³-hybridized carbons (Fsp3) is 0.438. The van der Waals surface area contributed by atoms with Gasteiger partial charge in [0.05, 0.1) is 0 Å². The monoisotopic (exact) mass is 527 g/mol. The molecule has 0 aromatic carbocycles. The molecule has 0 radical (unpaired) electrons. The van der Waals surface area contributed by atoms with Gasteiger partial charge in [0.2, 0.25) is 3.79 Å². The van der Waals surface area contributed by atoms with Gasteiger partial charge < -0.3 is 20.6 Å². The Kier molecular flexibility index (Phi) is 7.26. The lowest BCUT2D eigenvalue weighted by molar-refractivity contribution is -0.152. The van der Waals surface area contributed by atoms with Crippen molar-refractivity contribution < 1.29 is 24.0 Å². The summed E-state index contributed by atoms with van der Waals surface area (Å²) in [5, 5.41) is 7.42. The molecule has 3 rings (SSSR count). The molecule has 1 aromatic heterocycles. The molecule has 2 amide bonds. The molecule has 31 heavy (non-hydrogen) atoms. The lowest BCUT2D eigenvalue weighted by Gasteiger charge is -2.49. The fourth-order valence-corrected chi connectivity index (χ4v) is 4.88. The number of anilines is 1. The number of nitrogen functional groups attached to an aromatic ring is 1. The van der Waals surface area contributed by atoms with Crippen LogP contribution in [0.15, 0.2) is 22.3 Å². The van der Waals surface area contributed by atoms with E-state index in [1.165, 1.54) is 23.8 Å². The molecule has 3 heterocycles. The number of ether oxygens (including phenoxy) is 1. The highest BCUT2D eigenvalue weighted by atomic mass is 35.6. The number of nitrogens with zero attached hydrogens (tertiary/aromatic N) is 3. The number of halogens is 3. The largest absolute Gasteiger partial charge is 0.456 e. The lowest BCUT2D eigenvalue weighted by atomic mass is 10.0. The maximum absolute atomic E-state index is 12.7. The Bertz CT molecular complexity index is 964. The minimum atomic E-state index is -1.78. The third-order valence-corrected chi connectivity index (χ3v) is 6.40.